The molecule has 8 nitrogen and oxygen atoms in total. The molecular weight excluding hydrogens is 411 g/mol. The van der Waals surface area contributed by atoms with Gasteiger partial charge in [-0.1, -0.05) is 26.0 Å². The lowest BCUT2D eigenvalue weighted by Crippen LogP contribution is -2.46. The van der Waals surface area contributed by atoms with Gasteiger partial charge in [-0.05, 0) is 23.8 Å². The van der Waals surface area contributed by atoms with Crippen LogP contribution in [0.5, 0.6) is 0 Å². The standard InChI is InChI=1S/C20H21FN4O4S/c1-20(2,19(27)25-16(9-22)8-18(23)26)12-30(28,29)17-5-3-13(4-6-17)14-7-15(21)11-24-10-14/h3-7,10-11,16H,8,12H2,1-2H3,(H2,23,26)(H,25,27)/t16-/m0/s1. The van der Waals surface area contributed by atoms with Crippen LogP contribution in [-0.4, -0.2) is 37.0 Å². The van der Waals surface area contributed by atoms with Gasteiger partial charge < -0.3 is 11.1 Å². The zero-order chi connectivity index (χ0) is 22.5. The fourth-order valence-corrected chi connectivity index (χ4v) is 4.53. The lowest BCUT2D eigenvalue weighted by molar-refractivity contribution is -0.129. The summed E-state index contributed by atoms with van der Waals surface area (Å²) in [7, 11) is -3.86. The second-order valence-electron chi connectivity index (χ2n) is 7.38. The van der Waals surface area contributed by atoms with Crippen molar-refractivity contribution >= 4 is 21.7 Å². The van der Waals surface area contributed by atoms with Crippen LogP contribution in [0.3, 0.4) is 0 Å². The molecule has 0 saturated heterocycles. The zero-order valence-electron chi connectivity index (χ0n) is 16.4. The Hall–Kier alpha value is -3.32. The average molecular weight is 432 g/mol. The van der Waals surface area contributed by atoms with Crippen molar-refractivity contribution < 1.29 is 22.4 Å². The van der Waals surface area contributed by atoms with E-state index in [9.17, 15) is 22.4 Å². The molecule has 1 aromatic heterocycles. The lowest BCUT2D eigenvalue weighted by Gasteiger charge is -2.24. The Morgan fingerprint density at radius 2 is 1.87 bits per heavy atom. The number of nitrogens with one attached hydrogen (secondary N) is 1. The molecule has 0 aliphatic carbocycles. The van der Waals surface area contributed by atoms with E-state index in [1.54, 1.807) is 6.07 Å². The lowest BCUT2D eigenvalue weighted by atomic mass is 9.94. The first-order valence-electron chi connectivity index (χ1n) is 8.87. The molecule has 0 spiro atoms. The predicted octanol–water partition coefficient (Wildman–Crippen LogP) is 1.57. The second kappa shape index (κ2) is 9.00. The molecule has 0 saturated carbocycles. The van der Waals surface area contributed by atoms with E-state index in [0.29, 0.717) is 11.1 Å². The molecule has 30 heavy (non-hydrogen) atoms. The fourth-order valence-electron chi connectivity index (χ4n) is 2.73. The second-order valence-corrected chi connectivity index (χ2v) is 9.37. The summed E-state index contributed by atoms with van der Waals surface area (Å²) in [6, 6.07) is 7.66. The Balaban J connectivity index is 2.17. The van der Waals surface area contributed by atoms with Gasteiger partial charge in [0, 0.05) is 11.8 Å². The van der Waals surface area contributed by atoms with Crippen LogP contribution in [0, 0.1) is 22.6 Å². The van der Waals surface area contributed by atoms with Gasteiger partial charge in [0.05, 0.1) is 34.8 Å². The first kappa shape index (κ1) is 23.0. The van der Waals surface area contributed by atoms with E-state index in [-0.39, 0.29) is 11.3 Å². The minimum absolute atomic E-state index is 0.00884. The van der Waals surface area contributed by atoms with Crippen molar-refractivity contribution in [1.29, 1.82) is 5.26 Å². The topological polar surface area (TPSA) is 143 Å². The normalized spacial score (nSPS) is 12.6. The van der Waals surface area contributed by atoms with E-state index in [1.807, 2.05) is 0 Å². The number of primary amides is 1. The number of amides is 2. The van der Waals surface area contributed by atoms with Crippen LogP contribution < -0.4 is 11.1 Å². The number of nitrogens with zero attached hydrogens (tertiary/aromatic N) is 2. The van der Waals surface area contributed by atoms with Crippen molar-refractivity contribution in [1.82, 2.24) is 10.3 Å². The summed E-state index contributed by atoms with van der Waals surface area (Å²) in [6.07, 6.45) is 2.15. The zero-order valence-corrected chi connectivity index (χ0v) is 17.2. The highest BCUT2D eigenvalue weighted by molar-refractivity contribution is 7.91. The largest absolute Gasteiger partial charge is 0.370 e. The quantitative estimate of drug-likeness (QED) is 0.648. The van der Waals surface area contributed by atoms with Crippen molar-refractivity contribution in [3.8, 4) is 17.2 Å². The van der Waals surface area contributed by atoms with Gasteiger partial charge in [-0.2, -0.15) is 5.26 Å². The van der Waals surface area contributed by atoms with E-state index in [4.69, 9.17) is 11.0 Å². The molecule has 158 valence electrons. The molecule has 0 aliphatic rings. The van der Waals surface area contributed by atoms with Crippen molar-refractivity contribution in [3.05, 3.63) is 48.5 Å². The third-order valence-corrected chi connectivity index (χ3v) is 6.38. The van der Waals surface area contributed by atoms with Crippen LogP contribution in [0.1, 0.15) is 20.3 Å². The maximum Gasteiger partial charge on any atom is 0.227 e. The third kappa shape index (κ3) is 5.84. The van der Waals surface area contributed by atoms with E-state index in [2.05, 4.69) is 10.3 Å². The Labute approximate surface area is 173 Å². The number of nitriles is 1. The number of hydrogen-bond donors (Lipinski definition) is 2. The van der Waals surface area contributed by atoms with E-state index in [0.717, 1.165) is 6.20 Å². The van der Waals surface area contributed by atoms with Crippen molar-refractivity contribution in [2.45, 2.75) is 31.2 Å². The number of nitrogens with two attached hydrogens (primary N) is 1. The average Bonchev–Trinajstić information content (AvgIpc) is 2.66. The summed E-state index contributed by atoms with van der Waals surface area (Å²) in [5.41, 5.74) is 4.73. The molecule has 0 aliphatic heterocycles. The van der Waals surface area contributed by atoms with Crippen LogP contribution in [0.15, 0.2) is 47.6 Å². The van der Waals surface area contributed by atoms with Crippen LogP contribution in [0.25, 0.3) is 11.1 Å². The molecule has 0 bridgehead atoms. The highest BCUT2D eigenvalue weighted by atomic mass is 32.2. The number of carbonyl (C=O) groups is 2. The maximum absolute atomic E-state index is 13.3. The number of aromatic nitrogens is 1. The highest BCUT2D eigenvalue weighted by Gasteiger charge is 2.35. The van der Waals surface area contributed by atoms with Crippen molar-refractivity contribution in [2.75, 3.05) is 5.75 Å². The molecule has 1 heterocycles. The molecule has 10 heteroatoms. The Bertz CT molecular complexity index is 1090. The van der Waals surface area contributed by atoms with Crippen LogP contribution >= 0.6 is 0 Å². The van der Waals surface area contributed by atoms with Gasteiger partial charge >= 0.3 is 0 Å². The van der Waals surface area contributed by atoms with Gasteiger partial charge in [0.25, 0.3) is 0 Å². The van der Waals surface area contributed by atoms with E-state index in [1.165, 1.54) is 50.4 Å². The van der Waals surface area contributed by atoms with Gasteiger partial charge in [0.15, 0.2) is 9.84 Å². The van der Waals surface area contributed by atoms with Gasteiger partial charge in [-0.25, -0.2) is 12.8 Å². The number of sulfone groups is 1. The van der Waals surface area contributed by atoms with Crippen LogP contribution in [0.4, 0.5) is 4.39 Å². The molecule has 0 fully saturated rings. The Morgan fingerprint density at radius 1 is 1.23 bits per heavy atom. The van der Waals surface area contributed by atoms with Gasteiger partial charge in [0.1, 0.15) is 11.9 Å². The third-order valence-electron chi connectivity index (χ3n) is 4.28. The van der Waals surface area contributed by atoms with E-state index < -0.39 is 44.7 Å². The molecule has 2 rings (SSSR count). The number of carbonyl (C=O) groups excluding carboxylic acids is 2. The molecular formula is C20H21FN4O4S. The van der Waals surface area contributed by atoms with Crippen LogP contribution in [-0.2, 0) is 19.4 Å². The minimum atomic E-state index is -3.86. The minimum Gasteiger partial charge on any atom is -0.370 e. The monoisotopic (exact) mass is 432 g/mol. The summed E-state index contributed by atoms with van der Waals surface area (Å²) >= 11 is 0. The molecule has 0 unspecified atom stereocenters. The number of rotatable bonds is 8. The summed E-state index contributed by atoms with van der Waals surface area (Å²) in [5, 5.41) is 11.4. The first-order valence-corrected chi connectivity index (χ1v) is 10.5. The molecule has 1 aromatic carbocycles. The van der Waals surface area contributed by atoms with Gasteiger partial charge in [-0.15, -0.1) is 0 Å². The first-order chi connectivity index (χ1) is 13.9. The van der Waals surface area contributed by atoms with Crippen LogP contribution in [0.2, 0.25) is 0 Å². The summed E-state index contributed by atoms with van der Waals surface area (Å²) < 4.78 is 38.9. The maximum atomic E-state index is 13.3. The highest BCUT2D eigenvalue weighted by Crippen LogP contribution is 2.26. The smallest absolute Gasteiger partial charge is 0.227 e. The summed E-state index contributed by atoms with van der Waals surface area (Å²) in [6.45, 7) is 2.84. The number of halogens is 1. The summed E-state index contributed by atoms with van der Waals surface area (Å²) in [4.78, 5) is 27.2. The number of benzene rings is 1. The Morgan fingerprint density at radius 3 is 2.40 bits per heavy atom. The van der Waals surface area contributed by atoms with Crippen molar-refractivity contribution in [2.24, 2.45) is 11.1 Å². The number of hydrogen-bond acceptors (Lipinski definition) is 6. The predicted molar refractivity (Wildman–Crippen MR) is 107 cm³/mol. The summed E-state index contributed by atoms with van der Waals surface area (Å²) in [5.74, 6) is -2.49. The van der Waals surface area contributed by atoms with E-state index >= 15 is 0 Å². The fraction of sp³-hybridized carbons (Fsp3) is 0.300. The van der Waals surface area contributed by atoms with Crippen molar-refractivity contribution in [3.63, 3.8) is 0 Å². The number of pyridine rings is 1. The van der Waals surface area contributed by atoms with Gasteiger partial charge in [0.2, 0.25) is 11.8 Å². The SMILES string of the molecule is CC(C)(CS(=O)(=O)c1ccc(-c2cncc(F)c2)cc1)C(=O)N[C@H](C#N)CC(N)=O. The molecule has 1 atom stereocenters. The van der Waals surface area contributed by atoms with Gasteiger partial charge in [-0.3, -0.25) is 14.6 Å². The molecule has 2 amide bonds. The molecule has 3 N–H and O–H groups in total. The molecule has 2 aromatic rings. The Kier molecular flexibility index (Phi) is 6.89. The molecule has 0 radical (unpaired) electrons.